The van der Waals surface area contributed by atoms with Gasteiger partial charge >= 0.3 is 0 Å². The number of carbonyl (C=O) groups excluding carboxylic acids is 2. The van der Waals surface area contributed by atoms with Gasteiger partial charge in [-0.2, -0.15) is 0 Å². The van der Waals surface area contributed by atoms with E-state index < -0.39 is 6.04 Å². The van der Waals surface area contributed by atoms with Crippen LogP contribution in [0.25, 0.3) is 0 Å². The summed E-state index contributed by atoms with van der Waals surface area (Å²) in [6.45, 7) is 8.75. The van der Waals surface area contributed by atoms with E-state index in [1.165, 1.54) is 0 Å². The highest BCUT2D eigenvalue weighted by Gasteiger charge is 2.39. The predicted molar refractivity (Wildman–Crippen MR) is 74.9 cm³/mol. The molecule has 2 rings (SSSR count). The number of hydrogen-bond acceptors (Lipinski definition) is 3. The fourth-order valence-corrected chi connectivity index (χ4v) is 2.66. The zero-order chi connectivity index (χ0) is 14.9. The Morgan fingerprint density at radius 1 is 1.35 bits per heavy atom. The minimum atomic E-state index is -0.443. The number of aryl methyl sites for hydroxylation is 1. The highest BCUT2D eigenvalue weighted by Crippen LogP contribution is 2.17. The number of nitrogens with one attached hydrogen (secondary N) is 1. The molecule has 1 aromatic heterocycles. The van der Waals surface area contributed by atoms with Gasteiger partial charge in [-0.05, 0) is 19.8 Å². The Kier molecular flexibility index (Phi) is 4.11. The Bertz CT molecular complexity index is 509. The Morgan fingerprint density at radius 2 is 2.05 bits per heavy atom. The van der Waals surface area contributed by atoms with E-state index in [9.17, 15) is 9.59 Å². The van der Waals surface area contributed by atoms with Crippen molar-refractivity contribution in [3.63, 3.8) is 0 Å². The minimum Gasteiger partial charge on any atom is -0.343 e. The van der Waals surface area contributed by atoms with Crippen LogP contribution in [0, 0.1) is 12.8 Å². The molecular formula is C14H22N4O2. The van der Waals surface area contributed by atoms with Crippen LogP contribution in [0.3, 0.4) is 0 Å². The fraction of sp³-hybridized carbons (Fsp3) is 0.643. The molecule has 0 aliphatic carbocycles. The molecule has 6 nitrogen and oxygen atoms in total. The molecule has 1 N–H and O–H groups in total. The van der Waals surface area contributed by atoms with Crippen LogP contribution < -0.4 is 5.32 Å². The van der Waals surface area contributed by atoms with Crippen molar-refractivity contribution < 1.29 is 9.59 Å². The number of nitrogens with zero attached hydrogens (tertiary/aromatic N) is 3. The van der Waals surface area contributed by atoms with E-state index in [0.717, 1.165) is 5.82 Å². The van der Waals surface area contributed by atoms with E-state index in [1.54, 1.807) is 18.0 Å². The van der Waals surface area contributed by atoms with Gasteiger partial charge in [0.2, 0.25) is 11.8 Å². The van der Waals surface area contributed by atoms with Crippen molar-refractivity contribution in [3.05, 3.63) is 18.2 Å². The maximum atomic E-state index is 12.3. The second-order valence-corrected chi connectivity index (χ2v) is 5.62. The van der Waals surface area contributed by atoms with E-state index in [-0.39, 0.29) is 23.8 Å². The van der Waals surface area contributed by atoms with Gasteiger partial charge < -0.3 is 14.8 Å². The zero-order valence-electron chi connectivity index (χ0n) is 12.5. The summed E-state index contributed by atoms with van der Waals surface area (Å²) in [6.07, 6.45) is 3.63. The number of aromatic nitrogens is 2. The predicted octanol–water partition coefficient (Wildman–Crippen LogP) is 0.563. The van der Waals surface area contributed by atoms with Gasteiger partial charge in [0.05, 0.1) is 0 Å². The van der Waals surface area contributed by atoms with Crippen molar-refractivity contribution >= 4 is 11.8 Å². The van der Waals surface area contributed by atoms with Crippen LogP contribution in [-0.2, 0) is 16.1 Å². The van der Waals surface area contributed by atoms with Crippen molar-refractivity contribution in [2.45, 2.75) is 46.3 Å². The van der Waals surface area contributed by atoms with E-state index in [0.29, 0.717) is 13.1 Å². The van der Waals surface area contributed by atoms with Gasteiger partial charge in [0.15, 0.2) is 0 Å². The molecule has 6 heteroatoms. The molecule has 1 saturated heterocycles. The summed E-state index contributed by atoms with van der Waals surface area (Å²) in [4.78, 5) is 30.3. The monoisotopic (exact) mass is 278 g/mol. The van der Waals surface area contributed by atoms with E-state index in [4.69, 9.17) is 0 Å². The summed E-state index contributed by atoms with van der Waals surface area (Å²) in [7, 11) is 0. The maximum Gasteiger partial charge on any atom is 0.245 e. The standard InChI is InChI=1S/C14H22N4O2/c1-9(2)12-13(19)16-10(3)14(20)18(12)8-7-17-6-5-15-11(17)4/h5-6,9-10,12H,7-8H2,1-4H3,(H,16,19). The second kappa shape index (κ2) is 5.64. The average Bonchev–Trinajstić information content (AvgIpc) is 2.77. The zero-order valence-corrected chi connectivity index (χ0v) is 12.5. The SMILES string of the molecule is Cc1nccn1CCN1C(=O)C(C)NC(=O)C1C(C)C. The van der Waals surface area contributed by atoms with E-state index >= 15 is 0 Å². The third-order valence-corrected chi connectivity index (χ3v) is 3.75. The molecule has 0 aromatic carbocycles. The summed E-state index contributed by atoms with van der Waals surface area (Å²) >= 11 is 0. The lowest BCUT2D eigenvalue weighted by atomic mass is 9.97. The molecule has 2 atom stereocenters. The summed E-state index contributed by atoms with van der Waals surface area (Å²) in [5, 5.41) is 2.75. The first-order valence-electron chi connectivity index (χ1n) is 7.00. The van der Waals surface area contributed by atoms with Crippen LogP contribution >= 0.6 is 0 Å². The van der Waals surface area contributed by atoms with Crippen molar-refractivity contribution in [1.29, 1.82) is 0 Å². The van der Waals surface area contributed by atoms with Crippen LogP contribution in [0.5, 0.6) is 0 Å². The molecule has 2 heterocycles. The minimum absolute atomic E-state index is 0.0129. The van der Waals surface area contributed by atoms with Crippen LogP contribution in [0.4, 0.5) is 0 Å². The van der Waals surface area contributed by atoms with E-state index in [1.807, 2.05) is 31.5 Å². The number of hydrogen-bond donors (Lipinski definition) is 1. The van der Waals surface area contributed by atoms with Gasteiger partial charge in [0, 0.05) is 25.5 Å². The molecule has 0 bridgehead atoms. The first kappa shape index (κ1) is 14.6. The molecule has 2 amide bonds. The van der Waals surface area contributed by atoms with Crippen LogP contribution in [0.15, 0.2) is 12.4 Å². The normalized spacial score (nSPS) is 23.4. The summed E-state index contributed by atoms with van der Waals surface area (Å²) in [5.41, 5.74) is 0. The number of piperazine rings is 1. The molecule has 2 unspecified atom stereocenters. The molecule has 1 aliphatic rings. The van der Waals surface area contributed by atoms with Gasteiger partial charge in [-0.25, -0.2) is 4.98 Å². The van der Waals surface area contributed by atoms with Gasteiger partial charge in [0.25, 0.3) is 0 Å². The molecule has 1 fully saturated rings. The molecule has 0 radical (unpaired) electrons. The molecule has 0 spiro atoms. The topological polar surface area (TPSA) is 67.2 Å². The van der Waals surface area contributed by atoms with Gasteiger partial charge in [-0.1, -0.05) is 13.8 Å². The Labute approximate surface area is 119 Å². The second-order valence-electron chi connectivity index (χ2n) is 5.62. The van der Waals surface area contributed by atoms with E-state index in [2.05, 4.69) is 10.3 Å². The molecule has 20 heavy (non-hydrogen) atoms. The van der Waals surface area contributed by atoms with Crippen LogP contribution in [0.2, 0.25) is 0 Å². The third kappa shape index (κ3) is 2.69. The molecule has 1 aliphatic heterocycles. The summed E-state index contributed by atoms with van der Waals surface area (Å²) in [6, 6.07) is -0.830. The quantitative estimate of drug-likeness (QED) is 0.875. The summed E-state index contributed by atoms with van der Waals surface area (Å²) < 4.78 is 1.99. The molecule has 1 aromatic rings. The van der Waals surface area contributed by atoms with Crippen molar-refractivity contribution in [2.75, 3.05) is 6.54 Å². The van der Waals surface area contributed by atoms with Gasteiger partial charge in [0.1, 0.15) is 17.9 Å². The lowest BCUT2D eigenvalue weighted by Gasteiger charge is -2.40. The lowest BCUT2D eigenvalue weighted by molar-refractivity contribution is -0.150. The summed E-state index contributed by atoms with van der Waals surface area (Å²) in [5.74, 6) is 0.930. The number of carbonyl (C=O) groups is 2. The number of imidazole rings is 1. The smallest absolute Gasteiger partial charge is 0.245 e. The average molecular weight is 278 g/mol. The largest absolute Gasteiger partial charge is 0.343 e. The first-order valence-corrected chi connectivity index (χ1v) is 7.00. The first-order chi connectivity index (χ1) is 9.41. The van der Waals surface area contributed by atoms with Crippen molar-refractivity contribution in [3.8, 4) is 0 Å². The highest BCUT2D eigenvalue weighted by atomic mass is 16.2. The van der Waals surface area contributed by atoms with Crippen LogP contribution in [-0.4, -0.2) is 44.9 Å². The highest BCUT2D eigenvalue weighted by molar-refractivity contribution is 5.96. The number of rotatable bonds is 4. The van der Waals surface area contributed by atoms with Gasteiger partial charge in [-0.15, -0.1) is 0 Å². The fourth-order valence-electron chi connectivity index (χ4n) is 2.66. The number of amides is 2. The molecular weight excluding hydrogens is 256 g/mol. The van der Waals surface area contributed by atoms with Crippen molar-refractivity contribution in [1.82, 2.24) is 19.8 Å². The Balaban J connectivity index is 2.14. The third-order valence-electron chi connectivity index (χ3n) is 3.75. The van der Waals surface area contributed by atoms with Gasteiger partial charge in [-0.3, -0.25) is 9.59 Å². The Hall–Kier alpha value is -1.85. The molecule has 0 saturated carbocycles. The Morgan fingerprint density at radius 3 is 2.60 bits per heavy atom. The molecule has 110 valence electrons. The van der Waals surface area contributed by atoms with Crippen molar-refractivity contribution in [2.24, 2.45) is 5.92 Å². The van der Waals surface area contributed by atoms with Crippen LogP contribution in [0.1, 0.15) is 26.6 Å². The maximum absolute atomic E-state index is 12.3. The lowest BCUT2D eigenvalue weighted by Crippen LogP contribution is -2.64.